The Balaban J connectivity index is 0.00000640. The first-order valence-corrected chi connectivity index (χ1v) is 25.1. The molecule has 7 aromatic carbocycles. The van der Waals surface area contributed by atoms with Crippen molar-refractivity contribution in [1.29, 1.82) is 0 Å². The number of benzene rings is 7. The van der Waals surface area contributed by atoms with Crippen molar-refractivity contribution in [3.8, 4) is 17.3 Å². The molecule has 370 valence electrons. The van der Waals surface area contributed by atoms with Crippen LogP contribution in [0.1, 0.15) is 129 Å². The third kappa shape index (κ3) is 9.42. The zero-order chi connectivity index (χ0) is 50.3. The predicted octanol–water partition coefficient (Wildman–Crippen LogP) is 17.5. The summed E-state index contributed by atoms with van der Waals surface area (Å²) in [7, 11) is 0. The van der Waals surface area contributed by atoms with Crippen LogP contribution in [-0.2, 0) is 48.1 Å². The van der Waals surface area contributed by atoms with Gasteiger partial charge in [-0.05, 0) is 103 Å². The van der Waals surface area contributed by atoms with E-state index in [1.54, 1.807) is 0 Å². The molecule has 0 amide bonds. The van der Waals surface area contributed by atoms with Crippen LogP contribution in [0.15, 0.2) is 164 Å². The Kier molecular flexibility index (Phi) is 13.0. The monoisotopic (exact) mass is 1130 g/mol. The zero-order valence-electron chi connectivity index (χ0n) is 44.2. The van der Waals surface area contributed by atoms with Crippen LogP contribution in [0.2, 0.25) is 0 Å². The molecule has 1 aliphatic rings. The summed E-state index contributed by atoms with van der Waals surface area (Å²) < 4.78 is 9.07. The SMILES string of the molecule is CC(C)(C)c1cc(N2[CH-]N(c3[c-]c(Oc4[c-]c5c(cc4)c4cc(C(C)(C)C)ccc4n5-c4cc(C(C)(C)c5ccccc5)ccn4)ccc3)c3cc(C(C)(C)c4ccccc4)ccc32)cc(C(C)(C)C)c1.[Pt]. The molecular weight excluding hydrogens is 1060 g/mol. The number of aromatic nitrogens is 2. The smallest absolute Gasteiger partial charge is 0.135 e. The van der Waals surface area contributed by atoms with Gasteiger partial charge in [-0.25, -0.2) is 4.98 Å². The topological polar surface area (TPSA) is 33.5 Å². The van der Waals surface area contributed by atoms with E-state index in [0.29, 0.717) is 11.5 Å². The van der Waals surface area contributed by atoms with Crippen molar-refractivity contribution in [2.24, 2.45) is 0 Å². The van der Waals surface area contributed by atoms with E-state index in [4.69, 9.17) is 9.72 Å². The number of fused-ring (bicyclic) bond motifs is 4. The Morgan fingerprint density at radius 2 is 1.03 bits per heavy atom. The quantitative estimate of drug-likeness (QED) is 0.135. The van der Waals surface area contributed by atoms with Crippen LogP contribution in [0.25, 0.3) is 27.6 Å². The first-order valence-electron chi connectivity index (χ1n) is 25.1. The van der Waals surface area contributed by atoms with E-state index >= 15 is 0 Å². The Morgan fingerprint density at radius 1 is 0.444 bits per heavy atom. The maximum absolute atomic E-state index is 6.83. The van der Waals surface area contributed by atoms with Crippen molar-refractivity contribution in [3.05, 3.63) is 222 Å². The fourth-order valence-corrected chi connectivity index (χ4v) is 9.98. The average Bonchev–Trinajstić information content (AvgIpc) is 3.89. The Labute approximate surface area is 443 Å². The van der Waals surface area contributed by atoms with E-state index in [-0.39, 0.29) is 48.1 Å². The summed E-state index contributed by atoms with van der Waals surface area (Å²) in [6.45, 7) is 32.0. The molecule has 9 aromatic rings. The second-order valence-corrected chi connectivity index (χ2v) is 23.6. The second-order valence-electron chi connectivity index (χ2n) is 23.6. The molecule has 0 aliphatic carbocycles. The minimum Gasteiger partial charge on any atom is -0.509 e. The number of rotatable bonds is 9. The van der Waals surface area contributed by atoms with Gasteiger partial charge in [0, 0.05) is 72.2 Å². The van der Waals surface area contributed by atoms with Gasteiger partial charge in [0.1, 0.15) is 5.82 Å². The third-order valence-corrected chi connectivity index (χ3v) is 14.8. The first kappa shape index (κ1) is 50.5. The number of pyridine rings is 1. The molecule has 0 bridgehead atoms. The van der Waals surface area contributed by atoms with E-state index in [0.717, 1.165) is 50.4 Å². The van der Waals surface area contributed by atoms with Crippen LogP contribution < -0.4 is 14.5 Å². The number of hydrogen-bond acceptors (Lipinski definition) is 4. The molecule has 72 heavy (non-hydrogen) atoms. The summed E-state index contributed by atoms with van der Waals surface area (Å²) in [4.78, 5) is 9.64. The van der Waals surface area contributed by atoms with Crippen LogP contribution in [-0.4, -0.2) is 9.55 Å². The molecule has 0 saturated carbocycles. The van der Waals surface area contributed by atoms with E-state index in [1.165, 1.54) is 38.9 Å². The standard InChI is InChI=1S/C66H67N4O.Pt/c1-62(2,3)46-27-31-57-56(38-46)55-30-29-54(42-59(55)70(57)61-40-48(33-34-67-61)66(12,13)45-23-18-15-19-24-45)71-53-26-20-25-51(41-53)68-43-69(52-36-49(63(4,5)6)35-50(37-52)64(7,8)9)58-32-28-47(39-60(58)68)65(10,11)44-21-16-14-17-22-44;/h14-40,43H,1-13H3;/q-3;. The summed E-state index contributed by atoms with van der Waals surface area (Å²) in [5.41, 5.74) is 14.4. The van der Waals surface area contributed by atoms with Gasteiger partial charge in [0.05, 0.1) is 0 Å². The van der Waals surface area contributed by atoms with Gasteiger partial charge < -0.3 is 19.1 Å². The largest absolute Gasteiger partial charge is 0.509 e. The predicted molar refractivity (Wildman–Crippen MR) is 297 cm³/mol. The van der Waals surface area contributed by atoms with Crippen LogP contribution in [0.3, 0.4) is 0 Å². The number of nitrogens with zero attached hydrogens (tertiary/aromatic N) is 4. The molecule has 1 aliphatic heterocycles. The van der Waals surface area contributed by atoms with Gasteiger partial charge in [-0.1, -0.05) is 180 Å². The van der Waals surface area contributed by atoms with Crippen molar-refractivity contribution >= 4 is 44.6 Å². The van der Waals surface area contributed by atoms with Gasteiger partial charge in [-0.3, -0.25) is 0 Å². The van der Waals surface area contributed by atoms with Crippen molar-refractivity contribution in [1.82, 2.24) is 9.55 Å². The molecule has 0 saturated heterocycles. The van der Waals surface area contributed by atoms with E-state index in [2.05, 4.69) is 269 Å². The van der Waals surface area contributed by atoms with Gasteiger partial charge in [0.25, 0.3) is 0 Å². The van der Waals surface area contributed by atoms with E-state index < -0.39 is 0 Å². The van der Waals surface area contributed by atoms with Gasteiger partial charge >= 0.3 is 0 Å². The Hall–Kier alpha value is -6.42. The normalized spacial score (nSPS) is 13.4. The second kappa shape index (κ2) is 18.6. The van der Waals surface area contributed by atoms with E-state index in [9.17, 15) is 0 Å². The van der Waals surface area contributed by atoms with Crippen LogP contribution in [0.5, 0.6) is 11.5 Å². The fraction of sp³-hybridized carbons (Fsp3) is 0.273. The van der Waals surface area contributed by atoms with Crippen molar-refractivity contribution in [3.63, 3.8) is 0 Å². The molecule has 0 N–H and O–H groups in total. The maximum atomic E-state index is 6.83. The minimum absolute atomic E-state index is 0. The maximum Gasteiger partial charge on any atom is 0.135 e. The van der Waals surface area contributed by atoms with Crippen molar-refractivity contribution in [2.45, 2.75) is 117 Å². The fourth-order valence-electron chi connectivity index (χ4n) is 9.98. The summed E-state index contributed by atoms with van der Waals surface area (Å²) in [5.74, 6) is 2.03. The van der Waals surface area contributed by atoms with E-state index in [1.807, 2.05) is 18.3 Å². The molecular formula is C66H67N4OPt-3. The molecule has 0 atom stereocenters. The Morgan fingerprint density at radius 3 is 1.64 bits per heavy atom. The average molecular weight is 1130 g/mol. The first-order chi connectivity index (χ1) is 33.6. The number of anilines is 4. The van der Waals surface area contributed by atoms with Gasteiger partial charge in [0.15, 0.2) is 0 Å². The summed E-state index contributed by atoms with van der Waals surface area (Å²) >= 11 is 0. The summed E-state index contributed by atoms with van der Waals surface area (Å²) in [5, 5.41) is 2.25. The van der Waals surface area contributed by atoms with Crippen molar-refractivity contribution in [2.75, 3.05) is 9.80 Å². The number of ether oxygens (including phenoxy) is 1. The molecule has 5 nitrogen and oxygen atoms in total. The van der Waals surface area contributed by atoms with Crippen molar-refractivity contribution < 1.29 is 25.8 Å². The minimum atomic E-state index is -0.244. The molecule has 10 rings (SSSR count). The Bertz CT molecular complexity index is 3410. The molecule has 2 aromatic heterocycles. The number of hydrogen-bond donors (Lipinski definition) is 0. The molecule has 3 heterocycles. The van der Waals surface area contributed by atoms with Gasteiger partial charge in [-0.15, -0.1) is 48.1 Å². The zero-order valence-corrected chi connectivity index (χ0v) is 46.5. The molecule has 0 spiro atoms. The molecule has 0 fully saturated rings. The van der Waals surface area contributed by atoms with Crippen LogP contribution in [0, 0.1) is 18.8 Å². The molecule has 6 heteroatoms. The molecule has 0 unspecified atom stereocenters. The van der Waals surface area contributed by atoms with Crippen LogP contribution >= 0.6 is 0 Å². The summed E-state index contributed by atoms with van der Waals surface area (Å²) in [6, 6.07) is 64.5. The summed E-state index contributed by atoms with van der Waals surface area (Å²) in [6.07, 6.45) is 1.93. The third-order valence-electron chi connectivity index (χ3n) is 14.8. The molecule has 0 radical (unpaired) electrons. The van der Waals surface area contributed by atoms with Crippen LogP contribution in [0.4, 0.5) is 22.7 Å². The van der Waals surface area contributed by atoms with Gasteiger partial charge in [-0.2, -0.15) is 12.1 Å². The van der Waals surface area contributed by atoms with Gasteiger partial charge in [0.2, 0.25) is 0 Å².